The Kier molecular flexibility index (Phi) is 5.36. The molecule has 0 aromatic carbocycles. The van der Waals surface area contributed by atoms with Crippen LogP contribution in [0.5, 0.6) is 0 Å². The maximum atomic E-state index is 12.3. The number of nitrogens with zero attached hydrogens (tertiary/aromatic N) is 1. The van der Waals surface area contributed by atoms with Gasteiger partial charge >= 0.3 is 5.97 Å². The van der Waals surface area contributed by atoms with E-state index in [-0.39, 0.29) is 17.9 Å². The van der Waals surface area contributed by atoms with Crippen molar-refractivity contribution in [2.45, 2.75) is 31.7 Å². The molecule has 0 radical (unpaired) electrons. The molecule has 0 saturated carbocycles. The molecule has 1 unspecified atom stereocenters. The molecule has 2 aliphatic heterocycles. The van der Waals surface area contributed by atoms with Gasteiger partial charge in [-0.3, -0.25) is 4.79 Å². The second-order valence-electron chi connectivity index (χ2n) is 5.36. The second-order valence-corrected chi connectivity index (χ2v) is 7.06. The van der Waals surface area contributed by atoms with Crippen LogP contribution in [0.2, 0.25) is 0 Å². The first-order chi connectivity index (χ1) is 9.53. The lowest BCUT2D eigenvalue weighted by molar-refractivity contribution is -0.146. The van der Waals surface area contributed by atoms with Crippen LogP contribution in [-0.2, 0) is 19.7 Å². The Bertz CT molecular complexity index is 426. The van der Waals surface area contributed by atoms with Crippen LogP contribution in [-0.4, -0.2) is 58.0 Å². The third-order valence-electron chi connectivity index (χ3n) is 3.94. The zero-order valence-corrected chi connectivity index (χ0v) is 12.6. The highest BCUT2D eigenvalue weighted by molar-refractivity contribution is 7.87. The van der Waals surface area contributed by atoms with E-state index in [1.54, 1.807) is 0 Å². The van der Waals surface area contributed by atoms with Crippen LogP contribution in [0.4, 0.5) is 0 Å². The maximum absolute atomic E-state index is 12.3. The smallest absolute Gasteiger partial charge is 0.308 e. The fourth-order valence-electron chi connectivity index (χ4n) is 2.74. The lowest BCUT2D eigenvalue weighted by Crippen LogP contribution is -2.52. The van der Waals surface area contributed by atoms with Gasteiger partial charge in [-0.15, -0.1) is 0 Å². The molecule has 2 aliphatic rings. The molecule has 0 amide bonds. The highest BCUT2D eigenvalue weighted by atomic mass is 32.2. The summed E-state index contributed by atoms with van der Waals surface area (Å²) in [4.78, 5) is 11.4. The molecular weight excluding hydrogens is 282 g/mol. The van der Waals surface area contributed by atoms with Gasteiger partial charge in [-0.1, -0.05) is 0 Å². The Labute approximate surface area is 120 Å². The third-order valence-corrected chi connectivity index (χ3v) is 5.62. The molecule has 0 bridgehead atoms. The number of esters is 1. The number of hydrogen-bond acceptors (Lipinski definition) is 5. The van der Waals surface area contributed by atoms with Gasteiger partial charge in [0.15, 0.2) is 0 Å². The summed E-state index contributed by atoms with van der Waals surface area (Å²) in [5.41, 5.74) is 0. The topological polar surface area (TPSA) is 87.7 Å². The highest BCUT2D eigenvalue weighted by Gasteiger charge is 2.32. The number of nitrogens with one attached hydrogen (secondary N) is 2. The fourth-order valence-corrected chi connectivity index (χ4v) is 4.20. The van der Waals surface area contributed by atoms with Gasteiger partial charge in [0.05, 0.1) is 13.0 Å². The summed E-state index contributed by atoms with van der Waals surface area (Å²) < 4.78 is 33.4. The summed E-state index contributed by atoms with van der Waals surface area (Å²) in [5.74, 6) is -0.422. The van der Waals surface area contributed by atoms with E-state index < -0.39 is 10.2 Å². The quantitative estimate of drug-likeness (QED) is 0.681. The molecule has 2 rings (SSSR count). The number of carbonyl (C=O) groups excluding carboxylic acids is 1. The minimum absolute atomic E-state index is 0.0351. The minimum atomic E-state index is -3.45. The summed E-state index contributed by atoms with van der Waals surface area (Å²) in [6.07, 6.45) is 2.90. The van der Waals surface area contributed by atoms with Crippen molar-refractivity contribution in [1.29, 1.82) is 0 Å². The molecule has 0 aromatic rings. The first-order valence-corrected chi connectivity index (χ1v) is 8.53. The molecule has 0 aliphatic carbocycles. The summed E-state index contributed by atoms with van der Waals surface area (Å²) in [7, 11) is -2.08. The molecular formula is C12H23N3O4S. The predicted octanol–water partition coefficient (Wildman–Crippen LogP) is -0.542. The summed E-state index contributed by atoms with van der Waals surface area (Å²) >= 11 is 0. The van der Waals surface area contributed by atoms with Crippen LogP contribution >= 0.6 is 0 Å². The van der Waals surface area contributed by atoms with E-state index in [1.165, 1.54) is 11.4 Å². The Morgan fingerprint density at radius 2 is 2.00 bits per heavy atom. The number of hydrogen-bond donors (Lipinski definition) is 2. The summed E-state index contributed by atoms with van der Waals surface area (Å²) in [6.45, 7) is 2.37. The summed E-state index contributed by atoms with van der Waals surface area (Å²) in [6, 6.07) is -0.0351. The van der Waals surface area contributed by atoms with Crippen molar-refractivity contribution >= 4 is 16.2 Å². The van der Waals surface area contributed by atoms with E-state index in [1.807, 2.05) is 0 Å². The molecule has 2 N–H and O–H groups in total. The average molecular weight is 305 g/mol. The second kappa shape index (κ2) is 6.84. The van der Waals surface area contributed by atoms with Crippen LogP contribution in [0.1, 0.15) is 25.7 Å². The van der Waals surface area contributed by atoms with Crippen molar-refractivity contribution in [3.05, 3.63) is 0 Å². The zero-order valence-electron chi connectivity index (χ0n) is 11.8. The lowest BCUT2D eigenvalue weighted by Gasteiger charge is -2.32. The SMILES string of the molecule is COC(=O)C1CCN(S(=O)(=O)NC2CCCNC2)CC1. The van der Waals surface area contributed by atoms with E-state index in [4.69, 9.17) is 4.74 Å². The predicted molar refractivity (Wildman–Crippen MR) is 74.3 cm³/mol. The number of rotatable bonds is 4. The number of ether oxygens (including phenoxy) is 1. The average Bonchev–Trinajstić information content (AvgIpc) is 2.47. The van der Waals surface area contributed by atoms with Crippen molar-refractivity contribution in [3.63, 3.8) is 0 Å². The largest absolute Gasteiger partial charge is 0.469 e. The molecule has 2 fully saturated rings. The van der Waals surface area contributed by atoms with Crippen molar-refractivity contribution < 1.29 is 17.9 Å². The third kappa shape index (κ3) is 3.91. The number of methoxy groups -OCH3 is 1. The van der Waals surface area contributed by atoms with Crippen molar-refractivity contribution in [1.82, 2.24) is 14.3 Å². The first kappa shape index (κ1) is 15.7. The normalized spacial score (nSPS) is 26.4. The Morgan fingerprint density at radius 1 is 1.30 bits per heavy atom. The molecule has 2 heterocycles. The van der Waals surface area contributed by atoms with Crippen LogP contribution in [0.25, 0.3) is 0 Å². The minimum Gasteiger partial charge on any atom is -0.469 e. The van der Waals surface area contributed by atoms with E-state index in [0.717, 1.165) is 19.4 Å². The number of piperidine rings is 2. The summed E-state index contributed by atoms with van der Waals surface area (Å²) in [5, 5.41) is 3.18. The van der Waals surface area contributed by atoms with Crippen molar-refractivity contribution in [2.24, 2.45) is 5.92 Å². The van der Waals surface area contributed by atoms with Gasteiger partial charge in [0.1, 0.15) is 0 Å². The molecule has 2 saturated heterocycles. The van der Waals surface area contributed by atoms with Gasteiger partial charge < -0.3 is 10.1 Å². The van der Waals surface area contributed by atoms with E-state index in [0.29, 0.717) is 32.5 Å². The van der Waals surface area contributed by atoms with Gasteiger partial charge in [0.25, 0.3) is 10.2 Å². The lowest BCUT2D eigenvalue weighted by atomic mass is 9.99. The molecule has 7 nitrogen and oxygen atoms in total. The van der Waals surface area contributed by atoms with Crippen molar-refractivity contribution in [3.8, 4) is 0 Å². The van der Waals surface area contributed by atoms with Gasteiger partial charge in [-0.25, -0.2) is 0 Å². The van der Waals surface area contributed by atoms with Crippen molar-refractivity contribution in [2.75, 3.05) is 33.3 Å². The zero-order chi connectivity index (χ0) is 14.6. The monoisotopic (exact) mass is 305 g/mol. The first-order valence-electron chi connectivity index (χ1n) is 7.09. The van der Waals surface area contributed by atoms with E-state index in [9.17, 15) is 13.2 Å². The molecule has 0 spiro atoms. The Morgan fingerprint density at radius 3 is 2.55 bits per heavy atom. The molecule has 116 valence electrons. The highest BCUT2D eigenvalue weighted by Crippen LogP contribution is 2.20. The van der Waals surface area contributed by atoms with Gasteiger partial charge in [-0.2, -0.15) is 17.4 Å². The number of carbonyl (C=O) groups is 1. The van der Waals surface area contributed by atoms with E-state index in [2.05, 4.69) is 10.0 Å². The van der Waals surface area contributed by atoms with Gasteiger partial charge in [-0.05, 0) is 32.2 Å². The van der Waals surface area contributed by atoms with Crippen LogP contribution < -0.4 is 10.0 Å². The molecule has 8 heteroatoms. The maximum Gasteiger partial charge on any atom is 0.308 e. The Hall–Kier alpha value is -0.700. The molecule has 1 atom stereocenters. The molecule has 0 aromatic heterocycles. The van der Waals surface area contributed by atoms with Crippen LogP contribution in [0.3, 0.4) is 0 Å². The standard InChI is InChI=1S/C12H23N3O4S/c1-19-12(16)10-4-7-15(8-5-10)20(17,18)14-11-3-2-6-13-9-11/h10-11,13-14H,2-9H2,1H3. The van der Waals surface area contributed by atoms with Gasteiger partial charge in [0, 0.05) is 25.7 Å². The van der Waals surface area contributed by atoms with Gasteiger partial charge in [0.2, 0.25) is 0 Å². The Balaban J connectivity index is 1.86. The molecule has 20 heavy (non-hydrogen) atoms. The van der Waals surface area contributed by atoms with Crippen LogP contribution in [0, 0.1) is 5.92 Å². The van der Waals surface area contributed by atoms with Crippen LogP contribution in [0.15, 0.2) is 0 Å². The van der Waals surface area contributed by atoms with E-state index >= 15 is 0 Å². The fraction of sp³-hybridized carbons (Fsp3) is 0.917.